The topological polar surface area (TPSA) is 84.2 Å². The van der Waals surface area contributed by atoms with E-state index in [0.29, 0.717) is 25.1 Å². The number of nitrogens with one attached hydrogen (secondary N) is 2. The van der Waals surface area contributed by atoms with Crippen LogP contribution in [0.15, 0.2) is 28.7 Å². The molecule has 6 heteroatoms. The minimum atomic E-state index is -0.471. The van der Waals surface area contributed by atoms with E-state index < -0.39 is 6.04 Å². The maximum Gasteiger partial charge on any atom is 0.251 e. The summed E-state index contributed by atoms with van der Waals surface area (Å²) in [5, 5.41) is 5.62. The molecule has 122 valence electrons. The highest BCUT2D eigenvalue weighted by molar-refractivity contribution is 9.10. The quantitative estimate of drug-likeness (QED) is 0.613. The molecule has 0 aliphatic heterocycles. The molecule has 0 spiro atoms. The number of hydrogen-bond acceptors (Lipinski definition) is 3. The summed E-state index contributed by atoms with van der Waals surface area (Å²) >= 11 is 3.33. The minimum Gasteiger partial charge on any atom is -0.355 e. The summed E-state index contributed by atoms with van der Waals surface area (Å²) in [5.41, 5.74) is 6.45. The van der Waals surface area contributed by atoms with Gasteiger partial charge in [0.2, 0.25) is 5.91 Å². The van der Waals surface area contributed by atoms with E-state index in [9.17, 15) is 9.59 Å². The molecule has 0 saturated heterocycles. The van der Waals surface area contributed by atoms with Gasteiger partial charge in [-0.05, 0) is 30.5 Å². The van der Waals surface area contributed by atoms with Crippen molar-refractivity contribution >= 4 is 27.7 Å². The van der Waals surface area contributed by atoms with Crippen LogP contribution in [0.3, 0.4) is 0 Å². The summed E-state index contributed by atoms with van der Waals surface area (Å²) in [5.74, 6) is -0.0900. The van der Waals surface area contributed by atoms with E-state index in [1.807, 2.05) is 26.0 Å². The van der Waals surface area contributed by atoms with Crippen molar-refractivity contribution < 1.29 is 9.59 Å². The summed E-state index contributed by atoms with van der Waals surface area (Å²) in [6.07, 6.45) is 1.54. The number of benzene rings is 1. The number of amides is 2. The Morgan fingerprint density at radius 3 is 2.59 bits per heavy atom. The molecular weight excluding hydrogens is 346 g/mol. The maximum atomic E-state index is 11.9. The van der Waals surface area contributed by atoms with E-state index in [2.05, 4.69) is 26.6 Å². The molecule has 0 aliphatic rings. The van der Waals surface area contributed by atoms with Gasteiger partial charge in [0.1, 0.15) is 0 Å². The molecule has 1 rings (SSSR count). The van der Waals surface area contributed by atoms with Crippen LogP contribution in [0, 0.1) is 5.92 Å². The average Bonchev–Trinajstić information content (AvgIpc) is 2.52. The van der Waals surface area contributed by atoms with Gasteiger partial charge in [-0.2, -0.15) is 0 Å². The van der Waals surface area contributed by atoms with Crippen molar-refractivity contribution in [2.75, 3.05) is 13.1 Å². The molecule has 5 nitrogen and oxygen atoms in total. The van der Waals surface area contributed by atoms with Crippen molar-refractivity contribution in [3.8, 4) is 0 Å². The van der Waals surface area contributed by atoms with Crippen LogP contribution in [0.25, 0.3) is 0 Å². The van der Waals surface area contributed by atoms with Crippen LogP contribution < -0.4 is 16.4 Å². The van der Waals surface area contributed by atoms with Gasteiger partial charge in [0.25, 0.3) is 5.91 Å². The number of halogens is 1. The predicted octanol–water partition coefficient (Wildman–Crippen LogP) is 2.06. The summed E-state index contributed by atoms with van der Waals surface area (Å²) in [7, 11) is 0. The van der Waals surface area contributed by atoms with Gasteiger partial charge >= 0.3 is 0 Å². The average molecular weight is 370 g/mol. The van der Waals surface area contributed by atoms with Crippen LogP contribution in [0.5, 0.6) is 0 Å². The zero-order chi connectivity index (χ0) is 16.5. The summed E-state index contributed by atoms with van der Waals surface area (Å²) in [6, 6.07) is 6.73. The SMILES string of the molecule is CCC(C)C(N)C(=O)NCCCNC(=O)c1cccc(Br)c1. The van der Waals surface area contributed by atoms with Crippen LogP contribution in [-0.4, -0.2) is 30.9 Å². The van der Waals surface area contributed by atoms with Gasteiger partial charge in [0.15, 0.2) is 0 Å². The molecule has 1 aromatic rings. The second-order valence-electron chi connectivity index (χ2n) is 5.32. The lowest BCUT2D eigenvalue weighted by atomic mass is 9.99. The van der Waals surface area contributed by atoms with E-state index in [1.165, 1.54) is 0 Å². The standard InChI is InChI=1S/C16H24BrN3O2/c1-3-11(2)14(18)16(22)20-9-5-8-19-15(21)12-6-4-7-13(17)10-12/h4,6-7,10-11,14H,3,5,8-9,18H2,1-2H3,(H,19,21)(H,20,22). The number of hydrogen-bond donors (Lipinski definition) is 3. The number of carbonyl (C=O) groups is 2. The zero-order valence-electron chi connectivity index (χ0n) is 13.1. The Kier molecular flexibility index (Phi) is 8.12. The van der Waals surface area contributed by atoms with Gasteiger partial charge in [-0.25, -0.2) is 0 Å². The number of rotatable bonds is 8. The first kappa shape index (κ1) is 18.6. The van der Waals surface area contributed by atoms with E-state index >= 15 is 0 Å². The Balaban J connectivity index is 2.23. The molecule has 0 radical (unpaired) electrons. The molecule has 1 aromatic carbocycles. The lowest BCUT2D eigenvalue weighted by Crippen LogP contribution is -2.45. The smallest absolute Gasteiger partial charge is 0.251 e. The third-order valence-electron chi connectivity index (χ3n) is 3.58. The Morgan fingerprint density at radius 1 is 1.27 bits per heavy atom. The Labute approximate surface area is 140 Å². The van der Waals surface area contributed by atoms with Crippen LogP contribution in [0.2, 0.25) is 0 Å². The van der Waals surface area contributed by atoms with E-state index in [1.54, 1.807) is 12.1 Å². The second kappa shape index (κ2) is 9.58. The van der Waals surface area contributed by atoms with Crippen molar-refractivity contribution in [2.24, 2.45) is 11.7 Å². The van der Waals surface area contributed by atoms with Crippen molar-refractivity contribution in [1.29, 1.82) is 0 Å². The molecule has 0 aliphatic carbocycles. The molecule has 0 fully saturated rings. The zero-order valence-corrected chi connectivity index (χ0v) is 14.7. The number of nitrogens with two attached hydrogens (primary N) is 1. The highest BCUT2D eigenvalue weighted by Gasteiger charge is 2.18. The molecule has 0 saturated carbocycles. The van der Waals surface area contributed by atoms with Crippen LogP contribution in [-0.2, 0) is 4.79 Å². The van der Waals surface area contributed by atoms with Gasteiger partial charge in [0.05, 0.1) is 6.04 Å². The van der Waals surface area contributed by atoms with Crippen LogP contribution in [0.4, 0.5) is 0 Å². The van der Waals surface area contributed by atoms with Crippen molar-refractivity contribution in [3.63, 3.8) is 0 Å². The Bertz CT molecular complexity index is 508. The monoisotopic (exact) mass is 369 g/mol. The first-order valence-electron chi connectivity index (χ1n) is 7.52. The molecule has 0 aromatic heterocycles. The van der Waals surface area contributed by atoms with Crippen LogP contribution in [0.1, 0.15) is 37.0 Å². The molecule has 0 bridgehead atoms. The molecule has 2 unspecified atom stereocenters. The summed E-state index contributed by atoms with van der Waals surface area (Å²) < 4.78 is 0.867. The fraction of sp³-hybridized carbons (Fsp3) is 0.500. The van der Waals surface area contributed by atoms with Gasteiger partial charge < -0.3 is 16.4 Å². The van der Waals surface area contributed by atoms with Gasteiger partial charge in [-0.3, -0.25) is 9.59 Å². The fourth-order valence-corrected chi connectivity index (χ4v) is 2.26. The van der Waals surface area contributed by atoms with E-state index in [0.717, 1.165) is 10.9 Å². The second-order valence-corrected chi connectivity index (χ2v) is 6.24. The first-order valence-corrected chi connectivity index (χ1v) is 8.32. The van der Waals surface area contributed by atoms with Gasteiger partial charge in [-0.15, -0.1) is 0 Å². The van der Waals surface area contributed by atoms with Gasteiger partial charge in [0, 0.05) is 23.1 Å². The third kappa shape index (κ3) is 6.15. The molecule has 2 atom stereocenters. The van der Waals surface area contributed by atoms with E-state index in [-0.39, 0.29) is 17.7 Å². The normalized spacial score (nSPS) is 13.3. The minimum absolute atomic E-state index is 0.121. The molecule has 22 heavy (non-hydrogen) atoms. The largest absolute Gasteiger partial charge is 0.355 e. The Morgan fingerprint density at radius 2 is 1.95 bits per heavy atom. The fourth-order valence-electron chi connectivity index (χ4n) is 1.86. The highest BCUT2D eigenvalue weighted by atomic mass is 79.9. The third-order valence-corrected chi connectivity index (χ3v) is 4.08. The van der Waals surface area contributed by atoms with Gasteiger partial charge in [-0.1, -0.05) is 42.3 Å². The lowest BCUT2D eigenvalue weighted by Gasteiger charge is -2.17. The van der Waals surface area contributed by atoms with E-state index in [4.69, 9.17) is 5.73 Å². The Hall–Kier alpha value is -1.40. The van der Waals surface area contributed by atoms with Crippen molar-refractivity contribution in [2.45, 2.75) is 32.7 Å². The molecule has 2 amide bonds. The van der Waals surface area contributed by atoms with Crippen molar-refractivity contribution in [3.05, 3.63) is 34.3 Å². The maximum absolute atomic E-state index is 11.9. The number of carbonyl (C=O) groups excluding carboxylic acids is 2. The predicted molar refractivity (Wildman–Crippen MR) is 91.5 cm³/mol. The summed E-state index contributed by atoms with van der Waals surface area (Å²) in [4.78, 5) is 23.7. The molecular formula is C16H24BrN3O2. The lowest BCUT2D eigenvalue weighted by molar-refractivity contribution is -0.123. The van der Waals surface area contributed by atoms with Crippen molar-refractivity contribution in [1.82, 2.24) is 10.6 Å². The highest BCUT2D eigenvalue weighted by Crippen LogP contribution is 2.11. The summed E-state index contributed by atoms with van der Waals surface area (Å²) in [6.45, 7) is 4.98. The molecule has 0 heterocycles. The van der Waals surface area contributed by atoms with Crippen LogP contribution >= 0.6 is 15.9 Å². The first-order chi connectivity index (χ1) is 10.5. The molecule has 4 N–H and O–H groups in total.